The van der Waals surface area contributed by atoms with E-state index in [0.717, 1.165) is 0 Å². The fourth-order valence-electron chi connectivity index (χ4n) is 12.7. The van der Waals surface area contributed by atoms with E-state index >= 15 is 9.59 Å². The third-order valence-electron chi connectivity index (χ3n) is 16.9. The van der Waals surface area contributed by atoms with Gasteiger partial charge in [0.2, 0.25) is 6.10 Å². The molecule has 1 heterocycles. The monoisotopic (exact) mass is 1130 g/mol. The Kier molecular flexibility index (Phi) is 16.8. The molecule has 0 radical (unpaired) electrons. The zero-order chi connectivity index (χ0) is 59.6. The molecule has 5 aromatic carbocycles. The number of aliphatic hydroxyl groups excluding tert-OH is 1. The average Bonchev–Trinajstić information content (AvgIpc) is 0.748. The van der Waals surface area contributed by atoms with Gasteiger partial charge in [0.15, 0.2) is 5.60 Å². The summed E-state index contributed by atoms with van der Waals surface area (Å²) < 4.78 is 31.2. The second-order valence-electron chi connectivity index (χ2n) is 22.3. The summed E-state index contributed by atoms with van der Waals surface area (Å²) in [5.41, 5.74) is 0.816. The minimum absolute atomic E-state index is 0.00485. The molecule has 1 saturated heterocycles. The van der Waals surface area contributed by atoms with Crippen LogP contribution in [-0.4, -0.2) is 130 Å². The van der Waals surface area contributed by atoms with Crippen LogP contribution in [0.1, 0.15) is 97.8 Å². The molecule has 1 aliphatic heterocycles. The summed E-state index contributed by atoms with van der Waals surface area (Å²) in [4.78, 5) is 96.0. The molecule has 20 nitrogen and oxygen atoms in total. The fourth-order valence-corrected chi connectivity index (χ4v) is 12.7. The molecule has 2 bridgehead atoms. The van der Waals surface area contributed by atoms with Crippen LogP contribution in [0.25, 0.3) is 0 Å². The molecular weight excluding hydrogens is 1070 g/mol. The summed E-state index contributed by atoms with van der Waals surface area (Å²) in [7, 11) is 0. The number of nitrogens with two attached hydrogens (primary N) is 1. The quantitative estimate of drug-likeness (QED) is 0.00975. The van der Waals surface area contributed by atoms with Gasteiger partial charge in [-0.1, -0.05) is 87.5 Å². The Labute approximate surface area is 479 Å². The Morgan fingerprint density at radius 1 is 0.819 bits per heavy atom. The number of carbonyl (C=O) groups is 6. The molecular formula is C63H67N5O15. The molecule has 83 heavy (non-hydrogen) atoms. The number of esters is 3. The number of amides is 2. The fraction of sp³-hybridized carbons (Fsp3) is 0.365. The summed E-state index contributed by atoms with van der Waals surface area (Å²) in [6.07, 6.45) is -6.73. The van der Waals surface area contributed by atoms with Crippen LogP contribution in [-0.2, 0) is 38.1 Å². The maximum absolute atomic E-state index is 15.6. The van der Waals surface area contributed by atoms with Crippen molar-refractivity contribution in [2.45, 2.75) is 102 Å². The highest BCUT2D eigenvalue weighted by molar-refractivity contribution is 5.96. The van der Waals surface area contributed by atoms with Gasteiger partial charge in [-0.15, -0.1) is 0 Å². The van der Waals surface area contributed by atoms with E-state index in [1.807, 2.05) is 0 Å². The number of phenolic OH excluding ortho intramolecular Hbond substituents is 2. The van der Waals surface area contributed by atoms with Crippen LogP contribution < -0.4 is 16.4 Å². The van der Waals surface area contributed by atoms with E-state index in [-0.39, 0.29) is 60.0 Å². The van der Waals surface area contributed by atoms with Crippen LogP contribution in [0.5, 0.6) is 11.5 Å². The first kappa shape index (κ1) is 58.9. The van der Waals surface area contributed by atoms with Crippen molar-refractivity contribution in [3.05, 3.63) is 166 Å². The van der Waals surface area contributed by atoms with Crippen LogP contribution >= 0.6 is 0 Å². The number of ether oxygens (including phenoxy) is 5. The van der Waals surface area contributed by atoms with Crippen molar-refractivity contribution in [3.63, 3.8) is 0 Å². The number of aliphatic imine (C=N–C) groups is 2. The number of carbonyl (C=O) groups excluding carboxylic acids is 6. The Morgan fingerprint density at radius 3 is 2.01 bits per heavy atom. The minimum Gasteiger partial charge on any atom is -0.507 e. The Morgan fingerprint density at radius 2 is 1.41 bits per heavy atom. The summed E-state index contributed by atoms with van der Waals surface area (Å²) in [6.45, 7) is 9.44. The summed E-state index contributed by atoms with van der Waals surface area (Å²) in [5.74, 6) is -6.82. The normalized spacial score (nSPS) is 26.9. The van der Waals surface area contributed by atoms with Crippen LogP contribution in [0.15, 0.2) is 149 Å². The number of Topliss-reactive ketones (excluding diaryl/α,β-unsaturated/α-hetero) is 1. The average molecular weight is 1130 g/mol. The predicted molar refractivity (Wildman–Crippen MR) is 305 cm³/mol. The number of anilines is 2. The number of fused-ring (bicyclic) bond motifs is 5. The molecule has 0 aromatic heterocycles. The maximum Gasteiger partial charge on any atom is 0.412 e. The predicted octanol–water partition coefficient (Wildman–Crippen LogP) is 7.23. The van der Waals surface area contributed by atoms with E-state index in [9.17, 15) is 39.6 Å². The lowest BCUT2D eigenvalue weighted by Crippen LogP contribution is -2.81. The first-order chi connectivity index (χ1) is 39.5. The zero-order valence-electron chi connectivity index (χ0n) is 46.7. The third-order valence-corrected chi connectivity index (χ3v) is 16.9. The molecule has 2 saturated carbocycles. The number of nitrogens with zero attached hydrogens (tertiary/aromatic N) is 2. The SMILES string of the molecule is CC(=O)O[C@@]12CO[C@@H]1C[C@H](O)[C@@]1(C)C(=O)[C@H](C)C3=C(C)[C@@H](OC(=O)[C@H](OC(=O)Nc4ccc(O)c(/C=N/CC/N=C/c5cc(N)ccc5O)c4)[C@@H](NC(=O)c4ccccc4)c4ccccc4)C[C@@](O)([C@@H](OC(=O)c4ccccc4)[C@H]21)C3(C)C. The van der Waals surface area contributed by atoms with E-state index < -0.39 is 113 Å². The Hall–Kier alpha value is -8.72. The number of rotatable bonds is 16. The molecule has 11 atom stereocenters. The molecule has 3 fully saturated rings. The van der Waals surface area contributed by atoms with Gasteiger partial charge in [0, 0.05) is 71.6 Å². The topological polar surface area (TPSA) is 304 Å². The lowest BCUT2D eigenvalue weighted by molar-refractivity contribution is -0.345. The van der Waals surface area contributed by atoms with Crippen molar-refractivity contribution in [3.8, 4) is 11.5 Å². The number of hydrogen-bond donors (Lipinski definition) is 7. The van der Waals surface area contributed by atoms with Gasteiger partial charge in [0.05, 0.1) is 42.7 Å². The van der Waals surface area contributed by atoms with E-state index in [1.54, 1.807) is 119 Å². The van der Waals surface area contributed by atoms with Gasteiger partial charge in [-0.25, -0.2) is 14.4 Å². The van der Waals surface area contributed by atoms with E-state index in [2.05, 4.69) is 20.6 Å². The van der Waals surface area contributed by atoms with Gasteiger partial charge in [-0.05, 0) is 91.2 Å². The lowest BCUT2D eigenvalue weighted by Gasteiger charge is -2.67. The van der Waals surface area contributed by atoms with Crippen LogP contribution in [0, 0.1) is 22.7 Å². The van der Waals surface area contributed by atoms with Crippen molar-refractivity contribution in [1.29, 1.82) is 0 Å². The largest absolute Gasteiger partial charge is 0.507 e. The molecule has 8 N–H and O–H groups in total. The number of benzene rings is 5. The summed E-state index contributed by atoms with van der Waals surface area (Å²) in [5, 5.41) is 52.6. The Balaban J connectivity index is 1.08. The molecule has 0 unspecified atom stereocenters. The number of aromatic hydroxyl groups is 2. The number of phenols is 2. The molecule has 9 rings (SSSR count). The number of nitrogen functional groups attached to an aromatic ring is 1. The maximum atomic E-state index is 15.6. The smallest absolute Gasteiger partial charge is 0.412 e. The highest BCUT2D eigenvalue weighted by Crippen LogP contribution is 2.65. The molecule has 3 aliphatic carbocycles. The first-order valence-corrected chi connectivity index (χ1v) is 27.2. The van der Waals surface area contributed by atoms with Gasteiger partial charge in [-0.3, -0.25) is 29.7 Å². The van der Waals surface area contributed by atoms with Gasteiger partial charge in [0.1, 0.15) is 47.2 Å². The van der Waals surface area contributed by atoms with Crippen LogP contribution in [0.2, 0.25) is 0 Å². The first-order valence-electron chi connectivity index (χ1n) is 27.2. The molecule has 5 aromatic rings. The summed E-state index contributed by atoms with van der Waals surface area (Å²) in [6, 6.07) is 31.5. The van der Waals surface area contributed by atoms with Crippen LogP contribution in [0.3, 0.4) is 0 Å². The molecule has 2 amide bonds. The van der Waals surface area contributed by atoms with Gasteiger partial charge >= 0.3 is 24.0 Å². The standard InChI is InChI=1S/C63H67N5O15/c1-35-47(31-63(78)55(82-57(75)40-20-14-9-15-21-40)53-61(6,54(73)36(2)50(35)60(63,4)5)48(72)30-49-62(53,34-79-49)83-37(3)69)80-58(76)52(51(38-16-10-7-11-17-38)68-56(74)39-18-12-8-13-19-39)81-59(77)67-44-23-25-46(71)42(29-44)33-66-27-26-65-32-41-28-43(64)22-24-45(41)70/h7-25,28-29,32-33,36,47-49,51-53,55,70-72,78H,26-27,30-31,34,64H2,1-6H3,(H,67,77)(H,68,74)/b65-32+,66-33+/t36-,47+,48+,49-,51+,52-,53+,55+,61-,62+,63-/m1/s1. The second-order valence-corrected chi connectivity index (χ2v) is 22.3. The van der Waals surface area contributed by atoms with E-state index in [4.69, 9.17) is 29.4 Å². The van der Waals surface area contributed by atoms with Crippen molar-refractivity contribution in [1.82, 2.24) is 5.32 Å². The Bertz CT molecular complexity index is 3390. The zero-order valence-corrected chi connectivity index (χ0v) is 46.7. The minimum atomic E-state index is -2.33. The molecule has 434 valence electrons. The molecule has 0 spiro atoms. The lowest BCUT2D eigenvalue weighted by atomic mass is 9.43. The number of hydrogen-bond acceptors (Lipinski definition) is 18. The van der Waals surface area contributed by atoms with E-state index in [0.29, 0.717) is 28.0 Å². The van der Waals surface area contributed by atoms with Gasteiger partial charge < -0.3 is 55.2 Å². The van der Waals surface area contributed by atoms with Crippen molar-refractivity contribution in [2.24, 2.45) is 32.7 Å². The third kappa shape index (κ3) is 11.3. The second kappa shape index (κ2) is 23.6. The highest BCUT2D eigenvalue weighted by Gasteiger charge is 2.77. The van der Waals surface area contributed by atoms with Crippen molar-refractivity contribution >= 4 is 59.5 Å². The highest BCUT2D eigenvalue weighted by atomic mass is 16.6. The van der Waals surface area contributed by atoms with Crippen molar-refractivity contribution < 1.29 is 72.9 Å². The molecule has 20 heteroatoms. The van der Waals surface area contributed by atoms with Gasteiger partial charge in [-0.2, -0.15) is 0 Å². The van der Waals surface area contributed by atoms with Crippen molar-refractivity contribution in [2.75, 3.05) is 30.7 Å². The summed E-state index contributed by atoms with van der Waals surface area (Å²) >= 11 is 0. The number of ketones is 1. The van der Waals surface area contributed by atoms with Crippen LogP contribution in [0.4, 0.5) is 16.2 Å². The van der Waals surface area contributed by atoms with Gasteiger partial charge in [0.25, 0.3) is 5.91 Å². The molecule has 4 aliphatic rings. The number of aliphatic hydroxyl groups is 2. The van der Waals surface area contributed by atoms with E-state index in [1.165, 1.54) is 62.7 Å². The number of nitrogens with one attached hydrogen (secondary N) is 2.